The molecule has 0 spiro atoms. The van der Waals surface area contributed by atoms with E-state index in [1.807, 2.05) is 0 Å². The Balaban J connectivity index is 0.00000120. The first-order chi connectivity index (χ1) is 8.25. The second-order valence-electron chi connectivity index (χ2n) is 3.59. The Labute approximate surface area is 97.8 Å². The third-order valence-corrected chi connectivity index (χ3v) is 2.53. The van der Waals surface area contributed by atoms with Crippen molar-refractivity contribution in [3.05, 3.63) is 28.5 Å². The molecule has 2 aliphatic rings. The SMILES string of the molecule is NC(=O)N1C=Cc2nn3c(c2=C1)=CN=CC=C3.[H+]. The van der Waals surface area contributed by atoms with Crippen LogP contribution in [0.25, 0.3) is 24.7 Å². The Morgan fingerprint density at radius 1 is 1.41 bits per heavy atom. The molecule has 0 bridgehead atoms. The fourth-order valence-corrected chi connectivity index (χ4v) is 1.73. The molecule has 0 saturated heterocycles. The minimum Gasteiger partial charge on any atom is -0.351 e. The van der Waals surface area contributed by atoms with E-state index in [4.69, 9.17) is 5.73 Å². The number of hydrogen-bond acceptors (Lipinski definition) is 3. The molecule has 6 nitrogen and oxygen atoms in total. The summed E-state index contributed by atoms with van der Waals surface area (Å²) in [4.78, 5) is 16.5. The zero-order valence-corrected chi connectivity index (χ0v) is 8.82. The van der Waals surface area contributed by atoms with Crippen molar-refractivity contribution in [2.45, 2.75) is 0 Å². The molecule has 1 aromatic rings. The smallest absolute Gasteiger partial charge is 0.351 e. The molecule has 84 valence electrons. The zero-order valence-electron chi connectivity index (χ0n) is 9.82. The monoisotopic (exact) mass is 228 g/mol. The number of amides is 2. The molecule has 0 aromatic carbocycles. The van der Waals surface area contributed by atoms with Crippen LogP contribution < -0.4 is 16.3 Å². The average Bonchev–Trinajstić information content (AvgIpc) is 2.51. The lowest BCUT2D eigenvalue weighted by Gasteiger charge is -2.11. The van der Waals surface area contributed by atoms with Crippen LogP contribution in [-0.2, 0) is 0 Å². The van der Waals surface area contributed by atoms with E-state index in [1.54, 1.807) is 47.8 Å². The van der Waals surface area contributed by atoms with E-state index >= 15 is 0 Å². The van der Waals surface area contributed by atoms with Crippen LogP contribution >= 0.6 is 0 Å². The van der Waals surface area contributed by atoms with Gasteiger partial charge in [0.05, 0.1) is 17.2 Å². The van der Waals surface area contributed by atoms with Crippen LogP contribution in [-0.4, -0.2) is 26.9 Å². The van der Waals surface area contributed by atoms with Crippen LogP contribution in [0.5, 0.6) is 0 Å². The molecule has 0 saturated carbocycles. The summed E-state index contributed by atoms with van der Waals surface area (Å²) in [6, 6.07) is -0.528. The molecule has 3 heterocycles. The maximum Gasteiger partial charge on any atom is 1.00 e. The first-order valence-corrected chi connectivity index (χ1v) is 5.02. The third-order valence-electron chi connectivity index (χ3n) is 2.53. The van der Waals surface area contributed by atoms with E-state index in [0.717, 1.165) is 16.3 Å². The first kappa shape index (κ1) is 9.59. The predicted octanol–water partition coefficient (Wildman–Crippen LogP) is -0.608. The maximum absolute atomic E-state index is 11.1. The molecular formula is C11H10N5O+. The number of allylic oxidation sites excluding steroid dienone is 1. The quantitative estimate of drug-likeness (QED) is 0.643. The van der Waals surface area contributed by atoms with E-state index < -0.39 is 6.03 Å². The largest absolute Gasteiger partial charge is 1.00 e. The van der Waals surface area contributed by atoms with E-state index in [1.165, 1.54) is 4.90 Å². The number of nitrogens with zero attached hydrogens (tertiary/aromatic N) is 4. The highest BCUT2D eigenvalue weighted by atomic mass is 16.2. The Hall–Kier alpha value is -2.63. The number of aliphatic imine (C=N–C) groups is 1. The van der Waals surface area contributed by atoms with E-state index in [9.17, 15) is 4.79 Å². The normalized spacial score (nSPS) is 15.6. The van der Waals surface area contributed by atoms with Gasteiger partial charge in [-0.15, -0.1) is 0 Å². The summed E-state index contributed by atoms with van der Waals surface area (Å²) in [6.45, 7) is 0. The van der Waals surface area contributed by atoms with Gasteiger partial charge in [-0.25, -0.2) is 9.48 Å². The fraction of sp³-hybridized carbons (Fsp3) is 0. The summed E-state index contributed by atoms with van der Waals surface area (Å²) < 4.78 is 1.71. The molecule has 0 radical (unpaired) electrons. The van der Waals surface area contributed by atoms with Crippen molar-refractivity contribution in [1.82, 2.24) is 14.7 Å². The molecule has 17 heavy (non-hydrogen) atoms. The highest BCUT2D eigenvalue weighted by Gasteiger charge is 2.12. The summed E-state index contributed by atoms with van der Waals surface area (Å²) in [6.07, 6.45) is 11.9. The van der Waals surface area contributed by atoms with Crippen molar-refractivity contribution in [3.63, 3.8) is 0 Å². The van der Waals surface area contributed by atoms with Gasteiger partial charge in [0.2, 0.25) is 0 Å². The predicted molar refractivity (Wildman–Crippen MR) is 65.8 cm³/mol. The van der Waals surface area contributed by atoms with Gasteiger partial charge in [0.15, 0.2) is 0 Å². The van der Waals surface area contributed by atoms with Crippen molar-refractivity contribution < 1.29 is 6.22 Å². The van der Waals surface area contributed by atoms with Crippen LogP contribution in [0.1, 0.15) is 7.12 Å². The highest BCUT2D eigenvalue weighted by Crippen LogP contribution is 2.01. The van der Waals surface area contributed by atoms with E-state index in [2.05, 4.69) is 10.1 Å². The van der Waals surface area contributed by atoms with Gasteiger partial charge in [0.1, 0.15) is 0 Å². The molecule has 0 fully saturated rings. The topological polar surface area (TPSA) is 76.5 Å². The number of carbonyl (C=O) groups excluding carboxylic acids is 1. The fourth-order valence-electron chi connectivity index (χ4n) is 1.73. The number of nitrogens with two attached hydrogens (primary N) is 1. The minimum absolute atomic E-state index is 0. The summed E-state index contributed by atoms with van der Waals surface area (Å²) in [7, 11) is 0. The second kappa shape index (κ2) is 3.44. The number of aromatic nitrogens is 2. The summed E-state index contributed by atoms with van der Waals surface area (Å²) in [5.74, 6) is 0. The second-order valence-corrected chi connectivity index (χ2v) is 3.59. The van der Waals surface area contributed by atoms with E-state index in [-0.39, 0.29) is 1.43 Å². The van der Waals surface area contributed by atoms with Gasteiger partial charge in [-0.1, -0.05) is 0 Å². The van der Waals surface area contributed by atoms with Gasteiger partial charge >= 0.3 is 7.46 Å². The van der Waals surface area contributed by atoms with Crippen LogP contribution in [0.3, 0.4) is 0 Å². The van der Waals surface area contributed by atoms with Crippen LogP contribution in [0.2, 0.25) is 0 Å². The maximum atomic E-state index is 11.1. The summed E-state index contributed by atoms with van der Waals surface area (Å²) in [5, 5.41) is 6.02. The van der Waals surface area contributed by atoms with Crippen LogP contribution in [0.4, 0.5) is 4.79 Å². The molecule has 0 atom stereocenters. The molecule has 6 heteroatoms. The zero-order chi connectivity index (χ0) is 11.8. The van der Waals surface area contributed by atoms with Gasteiger partial charge in [-0.05, 0) is 12.2 Å². The number of primary amides is 1. The minimum atomic E-state index is -0.528. The lowest BCUT2D eigenvalue weighted by Crippen LogP contribution is -2.35. The third kappa shape index (κ3) is 1.46. The molecule has 2 amide bonds. The van der Waals surface area contributed by atoms with Crippen molar-refractivity contribution in [2.24, 2.45) is 10.7 Å². The average molecular weight is 228 g/mol. The van der Waals surface area contributed by atoms with Crippen LogP contribution in [0.15, 0.2) is 17.3 Å². The lowest BCUT2D eigenvalue weighted by atomic mass is 10.3. The molecule has 0 aliphatic carbocycles. The van der Waals surface area contributed by atoms with Gasteiger partial charge in [0.25, 0.3) is 0 Å². The van der Waals surface area contributed by atoms with Crippen molar-refractivity contribution in [2.75, 3.05) is 0 Å². The van der Waals surface area contributed by atoms with Gasteiger partial charge in [-0.2, -0.15) is 5.10 Å². The molecule has 3 rings (SSSR count). The van der Waals surface area contributed by atoms with Crippen LogP contribution in [0, 0.1) is 0 Å². The van der Waals surface area contributed by atoms with Gasteiger partial charge < -0.3 is 5.73 Å². The van der Waals surface area contributed by atoms with Gasteiger partial charge in [-0.3, -0.25) is 9.89 Å². The Morgan fingerprint density at radius 3 is 3.12 bits per heavy atom. The summed E-state index contributed by atoms with van der Waals surface area (Å²) >= 11 is 0. The van der Waals surface area contributed by atoms with E-state index in [0.29, 0.717) is 0 Å². The lowest BCUT2D eigenvalue weighted by molar-refractivity contribution is 0.238. The number of rotatable bonds is 0. The molecule has 1 aromatic heterocycles. The molecular weight excluding hydrogens is 218 g/mol. The highest BCUT2D eigenvalue weighted by molar-refractivity contribution is 5.81. The van der Waals surface area contributed by atoms with Gasteiger partial charge in [0, 0.05) is 30.0 Å². The van der Waals surface area contributed by atoms with Crippen molar-refractivity contribution in [1.29, 1.82) is 0 Å². The number of urea groups is 1. The number of hydrogen-bond donors (Lipinski definition) is 1. The summed E-state index contributed by atoms with van der Waals surface area (Å²) in [5.41, 5.74) is 6.01. The Kier molecular flexibility index (Phi) is 1.94. The van der Waals surface area contributed by atoms with Crippen molar-refractivity contribution >= 4 is 36.9 Å². The Bertz CT molecular complexity index is 698. The molecule has 0 unspecified atom stereocenters. The first-order valence-electron chi connectivity index (χ1n) is 5.02. The molecule has 2 N–H and O–H groups in total. The standard InChI is InChI=1S/C11H9N5O/c12-11(17)15-5-2-9-8(7-15)10-6-13-3-1-4-16(10)14-9/h1-7H,(H2,12,17)/p+1. The number of carbonyl (C=O) groups is 1. The Morgan fingerprint density at radius 2 is 2.29 bits per heavy atom. The van der Waals surface area contributed by atoms with Crippen molar-refractivity contribution in [3.8, 4) is 0 Å². The molecule has 2 aliphatic heterocycles. The number of fused-ring (bicyclic) bond motifs is 3.